The predicted molar refractivity (Wildman–Crippen MR) is 64.8 cm³/mol. The van der Waals surface area contributed by atoms with Crippen LogP contribution in [0, 0.1) is 0 Å². The third kappa shape index (κ3) is 5.65. The molecule has 0 bridgehead atoms. The van der Waals surface area contributed by atoms with Crippen LogP contribution in [0.15, 0.2) is 46.3 Å². The largest absolute Gasteiger partial charge is 0.366 e. The minimum atomic E-state index is -2.60. The quantitative estimate of drug-likeness (QED) is 0.443. The van der Waals surface area contributed by atoms with Gasteiger partial charge in [0.2, 0.25) is 0 Å². The molecule has 0 aliphatic heterocycles. The van der Waals surface area contributed by atoms with Crippen molar-refractivity contribution in [2.45, 2.75) is 4.90 Å². The summed E-state index contributed by atoms with van der Waals surface area (Å²) in [6, 6.07) is 7.34. The highest BCUT2D eigenvalue weighted by atomic mass is 35.8. The molecule has 0 atom stereocenters. The van der Waals surface area contributed by atoms with Crippen LogP contribution in [0.2, 0.25) is 0 Å². The summed E-state index contributed by atoms with van der Waals surface area (Å²) in [7, 11) is 0. The summed E-state index contributed by atoms with van der Waals surface area (Å²) in [6.45, 7) is 0. The van der Waals surface area contributed by atoms with Gasteiger partial charge in [0.15, 0.2) is 0 Å². The SMILES string of the molecule is Cl[Si](Cl)(Cl)C=CSc1ccccc1. The molecular formula is C8H7Cl3SSi. The Labute approximate surface area is 97.0 Å². The summed E-state index contributed by atoms with van der Waals surface area (Å²) in [5.74, 6) is 0. The number of hydrogen-bond donors (Lipinski definition) is 0. The van der Waals surface area contributed by atoms with E-state index in [0.717, 1.165) is 4.90 Å². The van der Waals surface area contributed by atoms with Gasteiger partial charge >= 0.3 is 6.00 Å². The maximum Gasteiger partial charge on any atom is 0.366 e. The Morgan fingerprint density at radius 1 is 1.08 bits per heavy atom. The van der Waals surface area contributed by atoms with Crippen molar-refractivity contribution >= 4 is 51.0 Å². The smallest absolute Gasteiger partial charge is 0.121 e. The van der Waals surface area contributed by atoms with Crippen molar-refractivity contribution < 1.29 is 0 Å². The van der Waals surface area contributed by atoms with Gasteiger partial charge in [0.25, 0.3) is 0 Å². The molecule has 0 fully saturated rings. The summed E-state index contributed by atoms with van der Waals surface area (Å²) in [4.78, 5) is 1.14. The van der Waals surface area contributed by atoms with Crippen LogP contribution < -0.4 is 0 Å². The van der Waals surface area contributed by atoms with Crippen molar-refractivity contribution in [3.8, 4) is 0 Å². The molecule has 0 amide bonds. The number of thioether (sulfide) groups is 1. The lowest BCUT2D eigenvalue weighted by molar-refractivity contribution is 1.47. The molecule has 0 saturated carbocycles. The molecule has 0 aliphatic carbocycles. The third-order valence-electron chi connectivity index (χ3n) is 1.20. The second-order valence-corrected chi connectivity index (χ2v) is 11.8. The summed E-state index contributed by atoms with van der Waals surface area (Å²) < 4.78 is 0. The molecule has 70 valence electrons. The highest BCUT2D eigenvalue weighted by molar-refractivity contribution is 8.02. The second kappa shape index (κ2) is 5.32. The predicted octanol–water partition coefficient (Wildman–Crippen LogP) is 4.49. The third-order valence-corrected chi connectivity index (χ3v) is 3.94. The number of halogens is 3. The normalized spacial score (nSPS) is 12.2. The highest BCUT2D eigenvalue weighted by Crippen LogP contribution is 2.25. The average Bonchev–Trinajstić information content (AvgIpc) is 2.04. The topological polar surface area (TPSA) is 0 Å². The first-order valence-electron chi connectivity index (χ1n) is 3.54. The molecule has 0 heterocycles. The van der Waals surface area contributed by atoms with E-state index in [1.807, 2.05) is 35.7 Å². The lowest BCUT2D eigenvalue weighted by Gasteiger charge is -1.98. The van der Waals surface area contributed by atoms with Crippen LogP contribution in [0.1, 0.15) is 0 Å². The van der Waals surface area contributed by atoms with Crippen LogP contribution in [-0.2, 0) is 0 Å². The van der Waals surface area contributed by atoms with Gasteiger partial charge in [-0.15, -0.1) is 33.2 Å². The first-order chi connectivity index (χ1) is 6.08. The lowest BCUT2D eigenvalue weighted by Crippen LogP contribution is -2.02. The van der Waals surface area contributed by atoms with E-state index in [4.69, 9.17) is 33.2 Å². The number of benzene rings is 1. The Balaban J connectivity index is 2.49. The Kier molecular flexibility index (Phi) is 4.69. The van der Waals surface area contributed by atoms with Crippen LogP contribution in [0.4, 0.5) is 0 Å². The average molecular weight is 270 g/mol. The maximum absolute atomic E-state index is 5.67. The zero-order valence-corrected chi connectivity index (χ0v) is 10.7. The zero-order valence-electron chi connectivity index (χ0n) is 6.58. The van der Waals surface area contributed by atoms with Crippen LogP contribution >= 0.6 is 45.0 Å². The van der Waals surface area contributed by atoms with E-state index in [1.165, 1.54) is 0 Å². The van der Waals surface area contributed by atoms with Crippen molar-refractivity contribution in [3.63, 3.8) is 0 Å². The van der Waals surface area contributed by atoms with Crippen molar-refractivity contribution in [2.75, 3.05) is 0 Å². The Bertz CT molecular complexity index is 281. The molecule has 5 heteroatoms. The fourth-order valence-corrected chi connectivity index (χ4v) is 3.44. The highest BCUT2D eigenvalue weighted by Gasteiger charge is 2.19. The molecule has 13 heavy (non-hydrogen) atoms. The minimum Gasteiger partial charge on any atom is -0.121 e. The fraction of sp³-hybridized carbons (Fsp3) is 0. The van der Waals surface area contributed by atoms with Crippen LogP contribution in [0.5, 0.6) is 0 Å². The molecule has 1 aromatic carbocycles. The first-order valence-corrected chi connectivity index (χ1v) is 9.53. The fourth-order valence-electron chi connectivity index (χ4n) is 0.689. The zero-order chi connectivity index (χ0) is 9.73. The summed E-state index contributed by atoms with van der Waals surface area (Å²) >= 11 is 18.6. The molecule has 1 aromatic rings. The van der Waals surface area contributed by atoms with E-state index < -0.39 is 6.00 Å². The van der Waals surface area contributed by atoms with Gasteiger partial charge in [-0.1, -0.05) is 30.0 Å². The number of hydrogen-bond acceptors (Lipinski definition) is 1. The van der Waals surface area contributed by atoms with Gasteiger partial charge in [0.05, 0.1) is 0 Å². The summed E-state index contributed by atoms with van der Waals surface area (Å²) in [5.41, 5.74) is 1.66. The maximum atomic E-state index is 5.67. The van der Waals surface area contributed by atoms with Gasteiger partial charge < -0.3 is 0 Å². The molecule has 0 unspecified atom stereocenters. The van der Waals surface area contributed by atoms with E-state index in [0.29, 0.717) is 0 Å². The van der Waals surface area contributed by atoms with E-state index >= 15 is 0 Å². The van der Waals surface area contributed by atoms with E-state index in [1.54, 1.807) is 17.5 Å². The van der Waals surface area contributed by atoms with Crippen molar-refractivity contribution in [2.24, 2.45) is 0 Å². The van der Waals surface area contributed by atoms with Gasteiger partial charge in [-0.25, -0.2) is 0 Å². The lowest BCUT2D eigenvalue weighted by atomic mass is 10.4. The Hall–Kier alpha value is 0.397. The molecular weight excluding hydrogens is 263 g/mol. The Morgan fingerprint density at radius 3 is 2.23 bits per heavy atom. The summed E-state index contributed by atoms with van der Waals surface area (Å²) in [6.07, 6.45) is 0. The van der Waals surface area contributed by atoms with Gasteiger partial charge in [-0.3, -0.25) is 0 Å². The molecule has 0 saturated heterocycles. The van der Waals surface area contributed by atoms with Gasteiger partial charge in [0, 0.05) is 4.90 Å². The number of rotatable bonds is 3. The standard InChI is InChI=1S/C8H7Cl3SSi/c9-13(10,11)7-6-12-8-4-2-1-3-5-8/h1-7H. The van der Waals surface area contributed by atoms with Crippen LogP contribution in [0.3, 0.4) is 0 Å². The van der Waals surface area contributed by atoms with E-state index in [-0.39, 0.29) is 0 Å². The van der Waals surface area contributed by atoms with Crippen molar-refractivity contribution in [3.05, 3.63) is 41.4 Å². The summed E-state index contributed by atoms with van der Waals surface area (Å²) in [5, 5.41) is 1.83. The van der Waals surface area contributed by atoms with Gasteiger partial charge in [0.1, 0.15) is 0 Å². The van der Waals surface area contributed by atoms with Crippen LogP contribution in [-0.4, -0.2) is 6.00 Å². The molecule has 0 spiro atoms. The monoisotopic (exact) mass is 268 g/mol. The van der Waals surface area contributed by atoms with Gasteiger partial charge in [-0.05, 0) is 23.2 Å². The second-order valence-electron chi connectivity index (χ2n) is 2.28. The molecule has 0 aliphatic rings. The first kappa shape index (κ1) is 11.5. The Morgan fingerprint density at radius 2 is 1.69 bits per heavy atom. The van der Waals surface area contributed by atoms with Crippen molar-refractivity contribution in [1.29, 1.82) is 0 Å². The molecule has 0 radical (unpaired) electrons. The van der Waals surface area contributed by atoms with E-state index in [9.17, 15) is 0 Å². The molecule has 0 N–H and O–H groups in total. The van der Waals surface area contributed by atoms with E-state index in [2.05, 4.69) is 0 Å². The molecule has 0 nitrogen and oxygen atoms in total. The molecule has 0 aromatic heterocycles. The van der Waals surface area contributed by atoms with Crippen molar-refractivity contribution in [1.82, 2.24) is 0 Å². The molecule has 1 rings (SSSR count). The minimum absolute atomic E-state index is 1.14. The van der Waals surface area contributed by atoms with Gasteiger partial charge in [-0.2, -0.15) is 0 Å². The van der Waals surface area contributed by atoms with Crippen LogP contribution in [0.25, 0.3) is 0 Å².